The fraction of sp³-hybridized carbons (Fsp3) is 0.545. The van der Waals surface area contributed by atoms with Crippen LogP contribution in [0.2, 0.25) is 5.04 Å². The number of ether oxygens (including phenoxy) is 3. The molecule has 0 spiro atoms. The zero-order valence-electron chi connectivity index (χ0n) is 26.1. The molecule has 0 unspecified atom stereocenters. The van der Waals surface area contributed by atoms with E-state index >= 15 is 0 Å². The van der Waals surface area contributed by atoms with Gasteiger partial charge in [-0.1, -0.05) is 94.4 Å². The summed E-state index contributed by atoms with van der Waals surface area (Å²) in [6.07, 6.45) is 1.42. The van der Waals surface area contributed by atoms with Gasteiger partial charge in [0.15, 0.2) is 0 Å². The molecular formula is C33H49NO6Si. The van der Waals surface area contributed by atoms with Crippen molar-refractivity contribution in [2.45, 2.75) is 76.7 Å². The lowest BCUT2D eigenvalue weighted by atomic mass is 9.74. The number of carbonyl (C=O) groups excluding carboxylic acids is 1. The van der Waals surface area contributed by atoms with Crippen molar-refractivity contribution >= 4 is 24.8 Å². The summed E-state index contributed by atoms with van der Waals surface area (Å²) in [6.45, 7) is 18.3. The van der Waals surface area contributed by atoms with Crippen LogP contribution in [0.1, 0.15) is 54.9 Å². The van der Waals surface area contributed by atoms with E-state index in [1.807, 2.05) is 64.1 Å². The van der Waals surface area contributed by atoms with Gasteiger partial charge >= 0.3 is 6.09 Å². The Hall–Kier alpha value is -2.49. The first-order valence-corrected chi connectivity index (χ1v) is 16.2. The molecule has 1 heterocycles. The number of carbonyl (C=O) groups is 1. The average molecular weight is 584 g/mol. The number of amides is 1. The molecule has 0 bridgehead atoms. The largest absolute Gasteiger partial charge is 0.444 e. The van der Waals surface area contributed by atoms with E-state index in [1.54, 1.807) is 18.1 Å². The second-order valence-electron chi connectivity index (χ2n) is 13.1. The van der Waals surface area contributed by atoms with Crippen molar-refractivity contribution in [3.05, 3.63) is 73.3 Å². The quantitative estimate of drug-likeness (QED) is 0.171. The average Bonchev–Trinajstić information content (AvgIpc) is 3.11. The molecule has 0 aliphatic carbocycles. The van der Waals surface area contributed by atoms with E-state index in [0.29, 0.717) is 0 Å². The van der Waals surface area contributed by atoms with Gasteiger partial charge < -0.3 is 23.7 Å². The van der Waals surface area contributed by atoms with Crippen molar-refractivity contribution in [3.63, 3.8) is 0 Å². The highest BCUT2D eigenvalue weighted by Crippen LogP contribution is 2.48. The maximum absolute atomic E-state index is 13.8. The number of likely N-dealkylation sites (tertiary alicyclic amines) is 1. The second-order valence-corrected chi connectivity index (χ2v) is 17.5. The first-order chi connectivity index (χ1) is 19.2. The number of methoxy groups -OCH3 is 1. The van der Waals surface area contributed by atoms with Crippen LogP contribution in [0.4, 0.5) is 4.79 Å². The lowest BCUT2D eigenvalue weighted by molar-refractivity contribution is -0.148. The third kappa shape index (κ3) is 6.47. The fourth-order valence-electron chi connectivity index (χ4n) is 6.20. The van der Waals surface area contributed by atoms with Gasteiger partial charge in [-0.3, -0.25) is 4.90 Å². The van der Waals surface area contributed by atoms with Crippen molar-refractivity contribution in [2.24, 2.45) is 5.92 Å². The second kappa shape index (κ2) is 12.8. The zero-order chi connectivity index (χ0) is 30.5. The van der Waals surface area contributed by atoms with Gasteiger partial charge in [-0.25, -0.2) is 4.79 Å². The lowest BCUT2D eigenvalue weighted by Crippen LogP contribution is -2.72. The van der Waals surface area contributed by atoms with Crippen molar-refractivity contribution in [1.29, 1.82) is 0 Å². The highest BCUT2D eigenvalue weighted by molar-refractivity contribution is 6.99. The van der Waals surface area contributed by atoms with Crippen LogP contribution in [0, 0.1) is 5.92 Å². The summed E-state index contributed by atoms with van der Waals surface area (Å²) < 4.78 is 24.5. The summed E-state index contributed by atoms with van der Waals surface area (Å²) in [5, 5.41) is 14.4. The number of benzene rings is 2. The summed E-state index contributed by atoms with van der Waals surface area (Å²) in [5.74, 6) is -0.304. The van der Waals surface area contributed by atoms with E-state index in [9.17, 15) is 9.90 Å². The normalized spacial score (nSPS) is 23.4. The van der Waals surface area contributed by atoms with Gasteiger partial charge in [0.05, 0.1) is 13.2 Å². The summed E-state index contributed by atoms with van der Waals surface area (Å²) in [4.78, 5) is 15.5. The molecule has 1 fully saturated rings. The smallest absolute Gasteiger partial charge is 0.411 e. The predicted octanol–water partition coefficient (Wildman–Crippen LogP) is 5.12. The molecule has 226 valence electrons. The Morgan fingerprint density at radius 2 is 1.56 bits per heavy atom. The van der Waals surface area contributed by atoms with Crippen molar-refractivity contribution in [1.82, 2.24) is 4.90 Å². The molecule has 1 saturated heterocycles. The van der Waals surface area contributed by atoms with E-state index in [-0.39, 0.29) is 43.9 Å². The number of hydrogen-bond donors (Lipinski definition) is 1. The minimum Gasteiger partial charge on any atom is -0.444 e. The highest BCUT2D eigenvalue weighted by Gasteiger charge is 2.65. The minimum absolute atomic E-state index is 0.00166. The molecule has 1 amide bonds. The molecule has 0 aromatic heterocycles. The van der Waals surface area contributed by atoms with Crippen LogP contribution in [0.25, 0.3) is 0 Å². The van der Waals surface area contributed by atoms with Crippen LogP contribution >= 0.6 is 0 Å². The molecule has 1 N–H and O–H groups in total. The van der Waals surface area contributed by atoms with E-state index in [2.05, 4.69) is 51.6 Å². The van der Waals surface area contributed by atoms with E-state index < -0.39 is 31.2 Å². The van der Waals surface area contributed by atoms with Gasteiger partial charge in [-0.15, -0.1) is 6.58 Å². The molecular weight excluding hydrogens is 534 g/mol. The Morgan fingerprint density at radius 3 is 2.00 bits per heavy atom. The molecule has 7 nitrogen and oxygen atoms in total. The van der Waals surface area contributed by atoms with E-state index in [1.165, 1.54) is 0 Å². The number of aliphatic hydroxyl groups is 1. The molecule has 3 rings (SSSR count). The molecule has 3 atom stereocenters. The van der Waals surface area contributed by atoms with Gasteiger partial charge in [0.25, 0.3) is 8.32 Å². The molecule has 2 aromatic carbocycles. The molecule has 1 aliphatic rings. The number of nitrogens with zero attached hydrogens (tertiary/aromatic N) is 1. The number of hydrogen-bond acceptors (Lipinski definition) is 6. The molecule has 8 heteroatoms. The first kappa shape index (κ1) is 33.0. The van der Waals surface area contributed by atoms with Crippen LogP contribution in [-0.2, 0) is 18.6 Å². The minimum atomic E-state index is -3.03. The summed E-state index contributed by atoms with van der Waals surface area (Å²) in [7, 11) is -1.49. The Morgan fingerprint density at radius 1 is 1.02 bits per heavy atom. The van der Waals surface area contributed by atoms with Crippen LogP contribution < -0.4 is 10.4 Å². The molecule has 0 saturated carbocycles. The Labute approximate surface area is 247 Å². The standard InChI is InChI=1S/C33H49NO6Si/c1-10-21-33(36)26(2)22-34(29(35)40-30(3,4)5)32(33,23-38-25-37-9)24-39-41(31(6,7)8,27-17-13-11-14-18-27)28-19-15-12-16-20-28/h10-20,26,36H,1,21-25H2,2-9H3/t26-,32-,33-/m0/s1. The van der Waals surface area contributed by atoms with Crippen LogP contribution in [0.15, 0.2) is 73.3 Å². The topological polar surface area (TPSA) is 77.5 Å². The van der Waals surface area contributed by atoms with Gasteiger partial charge in [-0.05, 0) is 42.6 Å². The van der Waals surface area contributed by atoms with Crippen molar-refractivity contribution in [2.75, 3.05) is 33.7 Å². The SMILES string of the molecule is C=CC[C@]1(O)[C@@H](C)CN(C(=O)OC(C)(C)C)[C@@]1(COCOC)CO[Si](c1ccccc1)(c1ccccc1)C(C)(C)C. The molecule has 2 aromatic rings. The zero-order valence-corrected chi connectivity index (χ0v) is 27.1. The van der Waals surface area contributed by atoms with Gasteiger partial charge in [0.2, 0.25) is 0 Å². The fourth-order valence-corrected chi connectivity index (χ4v) is 10.8. The summed E-state index contributed by atoms with van der Waals surface area (Å²) in [5.41, 5.74) is -3.41. The maximum atomic E-state index is 13.8. The summed E-state index contributed by atoms with van der Waals surface area (Å²) >= 11 is 0. The monoisotopic (exact) mass is 583 g/mol. The molecule has 1 aliphatic heterocycles. The van der Waals surface area contributed by atoms with Crippen LogP contribution in [-0.4, -0.2) is 74.8 Å². The maximum Gasteiger partial charge on any atom is 0.411 e. The van der Waals surface area contributed by atoms with Crippen LogP contribution in [0.3, 0.4) is 0 Å². The highest BCUT2D eigenvalue weighted by atomic mass is 28.4. The van der Waals surface area contributed by atoms with E-state index in [4.69, 9.17) is 18.6 Å². The van der Waals surface area contributed by atoms with Crippen molar-refractivity contribution < 1.29 is 28.5 Å². The van der Waals surface area contributed by atoms with Gasteiger partial charge in [0, 0.05) is 19.6 Å². The van der Waals surface area contributed by atoms with Crippen LogP contribution in [0.5, 0.6) is 0 Å². The predicted molar refractivity (Wildman–Crippen MR) is 166 cm³/mol. The number of rotatable bonds is 11. The molecule has 41 heavy (non-hydrogen) atoms. The Balaban J connectivity index is 2.26. The van der Waals surface area contributed by atoms with Gasteiger partial charge in [0.1, 0.15) is 23.5 Å². The Bertz CT molecular complexity index is 1110. The van der Waals surface area contributed by atoms with Crippen molar-refractivity contribution in [3.8, 4) is 0 Å². The Kier molecular flexibility index (Phi) is 10.3. The van der Waals surface area contributed by atoms with Gasteiger partial charge in [-0.2, -0.15) is 0 Å². The lowest BCUT2D eigenvalue weighted by Gasteiger charge is -2.50. The summed E-state index contributed by atoms with van der Waals surface area (Å²) in [6, 6.07) is 20.6. The third-order valence-electron chi connectivity index (χ3n) is 8.15. The first-order valence-electron chi connectivity index (χ1n) is 14.3. The molecule has 0 radical (unpaired) electrons. The van der Waals surface area contributed by atoms with E-state index in [0.717, 1.165) is 10.4 Å². The third-order valence-corrected chi connectivity index (χ3v) is 13.1.